The largest absolute Gasteiger partial charge is 0.455 e. The summed E-state index contributed by atoms with van der Waals surface area (Å²) in [4.78, 5) is 37.5. The van der Waals surface area contributed by atoms with Crippen molar-refractivity contribution in [1.82, 2.24) is 0 Å². The van der Waals surface area contributed by atoms with Gasteiger partial charge in [0, 0.05) is 12.5 Å². The van der Waals surface area contributed by atoms with Crippen molar-refractivity contribution in [3.05, 3.63) is 24.3 Å². The molecule has 6 nitrogen and oxygen atoms in total. The molecule has 0 unspecified atom stereocenters. The first-order valence-corrected chi connectivity index (χ1v) is 7.44. The van der Waals surface area contributed by atoms with E-state index in [1.165, 1.54) is 4.90 Å². The number of ether oxygens (including phenoxy) is 1. The van der Waals surface area contributed by atoms with E-state index in [1.807, 2.05) is 6.92 Å². The van der Waals surface area contributed by atoms with E-state index in [-0.39, 0.29) is 42.8 Å². The molecule has 116 valence electrons. The summed E-state index contributed by atoms with van der Waals surface area (Å²) in [5, 5.41) is 2.79. The van der Waals surface area contributed by atoms with Crippen molar-refractivity contribution in [2.45, 2.75) is 32.2 Å². The Morgan fingerprint density at radius 1 is 1.32 bits per heavy atom. The number of esters is 1. The molecular formula is C16H18N2O4. The first kappa shape index (κ1) is 14.6. The second kappa shape index (κ2) is 5.79. The maximum Gasteiger partial charge on any atom is 0.309 e. The van der Waals surface area contributed by atoms with Gasteiger partial charge in [-0.25, -0.2) is 0 Å². The summed E-state index contributed by atoms with van der Waals surface area (Å²) in [6.07, 6.45) is 1.89. The van der Waals surface area contributed by atoms with Crippen LogP contribution in [0.2, 0.25) is 0 Å². The molecule has 2 amide bonds. The highest BCUT2D eigenvalue weighted by atomic mass is 16.5. The lowest BCUT2D eigenvalue weighted by Crippen LogP contribution is -2.41. The third-order valence-corrected chi connectivity index (χ3v) is 3.88. The van der Waals surface area contributed by atoms with Gasteiger partial charge in [-0.2, -0.15) is 0 Å². The van der Waals surface area contributed by atoms with E-state index in [0.29, 0.717) is 11.4 Å². The normalized spacial score (nSPS) is 20.7. The molecule has 1 atom stereocenters. The van der Waals surface area contributed by atoms with Gasteiger partial charge in [-0.1, -0.05) is 12.1 Å². The summed E-state index contributed by atoms with van der Waals surface area (Å²) in [5.41, 5.74) is 1.23. The van der Waals surface area contributed by atoms with Crippen LogP contribution in [-0.4, -0.2) is 30.4 Å². The van der Waals surface area contributed by atoms with Gasteiger partial charge in [-0.05, 0) is 31.9 Å². The summed E-state index contributed by atoms with van der Waals surface area (Å²) in [7, 11) is 0. The maximum absolute atomic E-state index is 12.5. The first-order valence-electron chi connectivity index (χ1n) is 7.44. The fraction of sp³-hybridized carbons (Fsp3) is 0.438. The number of nitrogens with zero attached hydrogens (tertiary/aromatic N) is 1. The van der Waals surface area contributed by atoms with Crippen LogP contribution < -0.4 is 10.2 Å². The molecular weight excluding hydrogens is 284 g/mol. The highest BCUT2D eigenvalue weighted by Crippen LogP contribution is 2.32. The third kappa shape index (κ3) is 2.95. The molecule has 0 saturated heterocycles. The Bertz CT molecular complexity index is 624. The fourth-order valence-corrected chi connectivity index (χ4v) is 2.61. The van der Waals surface area contributed by atoms with E-state index in [9.17, 15) is 14.4 Å². The van der Waals surface area contributed by atoms with E-state index in [0.717, 1.165) is 12.8 Å². The zero-order valence-corrected chi connectivity index (χ0v) is 12.4. The zero-order valence-electron chi connectivity index (χ0n) is 12.4. The first-order chi connectivity index (χ1) is 10.6. The van der Waals surface area contributed by atoms with Crippen molar-refractivity contribution < 1.29 is 19.1 Å². The van der Waals surface area contributed by atoms with Crippen molar-refractivity contribution in [3.8, 4) is 0 Å². The van der Waals surface area contributed by atoms with E-state index in [1.54, 1.807) is 24.3 Å². The van der Waals surface area contributed by atoms with Crippen LogP contribution in [0.15, 0.2) is 24.3 Å². The van der Waals surface area contributed by atoms with Crippen molar-refractivity contribution in [1.29, 1.82) is 0 Å². The second-order valence-corrected chi connectivity index (χ2v) is 5.76. The number of carbonyl (C=O) groups is 3. The minimum Gasteiger partial charge on any atom is -0.455 e. The molecule has 1 saturated carbocycles. The number of amides is 2. The Hall–Kier alpha value is -2.37. The standard InChI is InChI=1S/C16H18N2O4/c1-10-8-14(19)17-12-4-2-3-5-13(12)18(10)15(20)9-22-16(21)11-6-7-11/h2-5,10-11H,6-9H2,1H3,(H,17,19)/t10-/m0/s1. The molecule has 1 aromatic carbocycles. The minimum absolute atomic E-state index is 0.0371. The molecule has 3 rings (SSSR count). The number of nitrogens with one attached hydrogen (secondary N) is 1. The molecule has 0 radical (unpaired) electrons. The molecule has 1 aromatic rings. The summed E-state index contributed by atoms with van der Waals surface area (Å²) in [5.74, 6) is -0.793. The van der Waals surface area contributed by atoms with Crippen molar-refractivity contribution in [2.75, 3.05) is 16.8 Å². The molecule has 1 aliphatic carbocycles. The number of anilines is 2. The molecule has 1 N–H and O–H groups in total. The van der Waals surface area contributed by atoms with Gasteiger partial charge in [0.1, 0.15) is 0 Å². The maximum atomic E-state index is 12.5. The van der Waals surface area contributed by atoms with Crippen LogP contribution in [0.5, 0.6) is 0 Å². The van der Waals surface area contributed by atoms with Gasteiger partial charge in [0.15, 0.2) is 6.61 Å². The lowest BCUT2D eigenvalue weighted by atomic mass is 10.1. The predicted octanol–water partition coefficient (Wildman–Crippen LogP) is 1.70. The molecule has 22 heavy (non-hydrogen) atoms. The molecule has 0 spiro atoms. The molecule has 0 bridgehead atoms. The van der Waals surface area contributed by atoms with Crippen LogP contribution in [0.1, 0.15) is 26.2 Å². The van der Waals surface area contributed by atoms with E-state index >= 15 is 0 Å². The Labute approximate surface area is 128 Å². The Balaban J connectivity index is 1.79. The van der Waals surface area contributed by atoms with Crippen molar-refractivity contribution in [2.24, 2.45) is 5.92 Å². The molecule has 1 heterocycles. The van der Waals surface area contributed by atoms with Crippen molar-refractivity contribution >= 4 is 29.2 Å². The van der Waals surface area contributed by atoms with Gasteiger partial charge in [-0.3, -0.25) is 14.4 Å². The summed E-state index contributed by atoms with van der Waals surface area (Å²) >= 11 is 0. The van der Waals surface area contributed by atoms with Crippen molar-refractivity contribution in [3.63, 3.8) is 0 Å². The lowest BCUT2D eigenvalue weighted by Gasteiger charge is -2.27. The zero-order chi connectivity index (χ0) is 15.7. The fourth-order valence-electron chi connectivity index (χ4n) is 2.61. The number of rotatable bonds is 3. The van der Waals surface area contributed by atoms with Gasteiger partial charge in [0.05, 0.1) is 17.3 Å². The number of hydrogen-bond acceptors (Lipinski definition) is 4. The second-order valence-electron chi connectivity index (χ2n) is 5.76. The Kier molecular flexibility index (Phi) is 3.83. The SMILES string of the molecule is C[C@H]1CC(=O)Nc2ccccc2N1C(=O)COC(=O)C1CC1. The highest BCUT2D eigenvalue weighted by molar-refractivity contribution is 6.05. The number of benzene rings is 1. The number of fused-ring (bicyclic) bond motifs is 1. The monoisotopic (exact) mass is 302 g/mol. The van der Waals surface area contributed by atoms with E-state index in [4.69, 9.17) is 4.74 Å². The quantitative estimate of drug-likeness (QED) is 0.862. The minimum atomic E-state index is -0.314. The predicted molar refractivity (Wildman–Crippen MR) is 80.3 cm³/mol. The molecule has 2 aliphatic rings. The third-order valence-electron chi connectivity index (χ3n) is 3.88. The Morgan fingerprint density at radius 3 is 2.77 bits per heavy atom. The average Bonchev–Trinajstić information content (AvgIpc) is 3.31. The van der Waals surface area contributed by atoms with Gasteiger partial charge < -0.3 is 15.0 Å². The summed E-state index contributed by atoms with van der Waals surface area (Å²) < 4.78 is 5.08. The Morgan fingerprint density at radius 2 is 2.05 bits per heavy atom. The number of hydrogen-bond donors (Lipinski definition) is 1. The van der Waals surface area contributed by atoms with Gasteiger partial charge in [-0.15, -0.1) is 0 Å². The van der Waals surface area contributed by atoms with Crippen LogP contribution in [-0.2, 0) is 19.1 Å². The molecule has 6 heteroatoms. The van der Waals surface area contributed by atoms with Gasteiger partial charge in [0.25, 0.3) is 5.91 Å². The number of carbonyl (C=O) groups excluding carboxylic acids is 3. The molecule has 1 aliphatic heterocycles. The summed E-state index contributed by atoms with van der Waals surface area (Å²) in [6, 6.07) is 6.83. The topological polar surface area (TPSA) is 75.7 Å². The smallest absolute Gasteiger partial charge is 0.309 e. The van der Waals surface area contributed by atoms with Crippen LogP contribution in [0.25, 0.3) is 0 Å². The molecule has 1 fully saturated rings. The van der Waals surface area contributed by atoms with Crippen LogP contribution in [0, 0.1) is 5.92 Å². The number of para-hydroxylation sites is 2. The lowest BCUT2D eigenvalue weighted by molar-refractivity contribution is -0.149. The van der Waals surface area contributed by atoms with Gasteiger partial charge >= 0.3 is 5.97 Å². The average molecular weight is 302 g/mol. The van der Waals surface area contributed by atoms with Gasteiger partial charge in [0.2, 0.25) is 5.91 Å². The van der Waals surface area contributed by atoms with Crippen LogP contribution >= 0.6 is 0 Å². The van der Waals surface area contributed by atoms with Crippen LogP contribution in [0.3, 0.4) is 0 Å². The van der Waals surface area contributed by atoms with Crippen LogP contribution in [0.4, 0.5) is 11.4 Å². The molecule has 0 aromatic heterocycles. The van der Waals surface area contributed by atoms with E-state index < -0.39 is 0 Å². The highest BCUT2D eigenvalue weighted by Gasteiger charge is 2.33. The summed E-state index contributed by atoms with van der Waals surface area (Å²) in [6.45, 7) is 1.52. The van der Waals surface area contributed by atoms with E-state index in [2.05, 4.69) is 5.32 Å².